The zero-order valence-corrected chi connectivity index (χ0v) is 14.7. The topological polar surface area (TPSA) is 75.7 Å². The normalized spacial score (nSPS) is 10.8. The van der Waals surface area contributed by atoms with Gasteiger partial charge in [0.1, 0.15) is 22.9 Å². The Kier molecular flexibility index (Phi) is 4.23. The van der Waals surface area contributed by atoms with E-state index in [4.69, 9.17) is 9.72 Å². The van der Waals surface area contributed by atoms with Gasteiger partial charge >= 0.3 is 0 Å². The largest absolute Gasteiger partial charge is 0.494 e. The highest BCUT2D eigenvalue weighted by atomic mass is 16.5. The van der Waals surface area contributed by atoms with Gasteiger partial charge in [0.05, 0.1) is 7.11 Å². The van der Waals surface area contributed by atoms with Gasteiger partial charge in [0.25, 0.3) is 0 Å². The third kappa shape index (κ3) is 3.09. The van der Waals surface area contributed by atoms with Crippen LogP contribution in [-0.2, 0) is 6.54 Å². The first kappa shape index (κ1) is 16.1. The van der Waals surface area contributed by atoms with Gasteiger partial charge in [-0.05, 0) is 48.9 Å². The maximum atomic E-state index is 5.53. The first-order chi connectivity index (χ1) is 12.7. The second kappa shape index (κ2) is 6.84. The first-order valence-corrected chi connectivity index (χ1v) is 8.37. The molecule has 0 spiro atoms. The van der Waals surface area contributed by atoms with E-state index in [1.807, 2.05) is 49.5 Å². The molecule has 0 saturated carbocycles. The number of anilines is 1. The summed E-state index contributed by atoms with van der Waals surface area (Å²) in [5.74, 6) is 1.52. The molecule has 4 heterocycles. The number of methoxy groups -OCH3 is 1. The van der Waals surface area contributed by atoms with Crippen LogP contribution in [0.2, 0.25) is 0 Å². The van der Waals surface area contributed by atoms with Crippen LogP contribution in [0.5, 0.6) is 5.75 Å². The van der Waals surface area contributed by atoms with Crippen molar-refractivity contribution in [1.29, 1.82) is 0 Å². The molecular formula is C20H19N5O. The SMILES string of the molecule is COc1ccc(C)nc1-c1cc(NCc2ccncc2)nc2[nH]ccc12. The molecule has 6 heteroatoms. The van der Waals surface area contributed by atoms with Crippen LogP contribution in [0.4, 0.5) is 5.82 Å². The summed E-state index contributed by atoms with van der Waals surface area (Å²) in [7, 11) is 1.66. The second-order valence-electron chi connectivity index (χ2n) is 6.01. The summed E-state index contributed by atoms with van der Waals surface area (Å²) in [6, 6.07) is 11.9. The van der Waals surface area contributed by atoms with Crippen LogP contribution in [0.15, 0.2) is 55.0 Å². The predicted octanol–water partition coefficient (Wildman–Crippen LogP) is 3.95. The molecule has 0 radical (unpaired) electrons. The minimum Gasteiger partial charge on any atom is -0.494 e. The van der Waals surface area contributed by atoms with Crippen molar-refractivity contribution in [3.05, 3.63) is 66.2 Å². The van der Waals surface area contributed by atoms with E-state index >= 15 is 0 Å². The molecule has 4 rings (SSSR count). The lowest BCUT2D eigenvalue weighted by molar-refractivity contribution is 0.414. The molecule has 2 N–H and O–H groups in total. The Morgan fingerprint density at radius 2 is 1.92 bits per heavy atom. The summed E-state index contributed by atoms with van der Waals surface area (Å²) in [4.78, 5) is 16.6. The second-order valence-corrected chi connectivity index (χ2v) is 6.01. The predicted molar refractivity (Wildman–Crippen MR) is 102 cm³/mol. The van der Waals surface area contributed by atoms with Crippen molar-refractivity contribution in [2.75, 3.05) is 12.4 Å². The van der Waals surface area contributed by atoms with Gasteiger partial charge in [-0.25, -0.2) is 9.97 Å². The number of aromatic amines is 1. The monoisotopic (exact) mass is 345 g/mol. The van der Waals surface area contributed by atoms with Crippen LogP contribution in [-0.4, -0.2) is 27.0 Å². The van der Waals surface area contributed by atoms with E-state index in [1.54, 1.807) is 19.5 Å². The lowest BCUT2D eigenvalue weighted by atomic mass is 10.1. The molecule has 0 aliphatic rings. The molecular weight excluding hydrogens is 326 g/mol. The lowest BCUT2D eigenvalue weighted by Gasteiger charge is -2.12. The summed E-state index contributed by atoms with van der Waals surface area (Å²) in [5.41, 5.74) is 4.68. The van der Waals surface area contributed by atoms with Crippen molar-refractivity contribution in [2.45, 2.75) is 13.5 Å². The zero-order chi connectivity index (χ0) is 17.9. The van der Waals surface area contributed by atoms with Crippen LogP contribution in [0.1, 0.15) is 11.3 Å². The van der Waals surface area contributed by atoms with Gasteiger partial charge in [0.15, 0.2) is 0 Å². The molecule has 130 valence electrons. The molecule has 26 heavy (non-hydrogen) atoms. The number of aromatic nitrogens is 4. The van der Waals surface area contributed by atoms with Gasteiger partial charge in [-0.1, -0.05) is 0 Å². The smallest absolute Gasteiger partial charge is 0.145 e. The van der Waals surface area contributed by atoms with Crippen molar-refractivity contribution in [3.8, 4) is 17.0 Å². The van der Waals surface area contributed by atoms with Crippen LogP contribution >= 0.6 is 0 Å². The van der Waals surface area contributed by atoms with E-state index in [0.29, 0.717) is 6.54 Å². The highest BCUT2D eigenvalue weighted by molar-refractivity contribution is 5.95. The average molecular weight is 345 g/mol. The van der Waals surface area contributed by atoms with Crippen LogP contribution in [0.25, 0.3) is 22.3 Å². The Morgan fingerprint density at radius 3 is 2.73 bits per heavy atom. The quantitative estimate of drug-likeness (QED) is 0.573. The van der Waals surface area contributed by atoms with Crippen LogP contribution in [0, 0.1) is 6.92 Å². The van der Waals surface area contributed by atoms with Gasteiger partial charge in [0, 0.05) is 41.8 Å². The molecule has 4 aromatic heterocycles. The fourth-order valence-electron chi connectivity index (χ4n) is 2.92. The van der Waals surface area contributed by atoms with Gasteiger partial charge in [-0.15, -0.1) is 0 Å². The van der Waals surface area contributed by atoms with Gasteiger partial charge < -0.3 is 15.0 Å². The highest BCUT2D eigenvalue weighted by Crippen LogP contribution is 2.34. The number of rotatable bonds is 5. The van der Waals surface area contributed by atoms with Gasteiger partial charge in [-0.3, -0.25) is 4.98 Å². The van der Waals surface area contributed by atoms with E-state index in [2.05, 4.69) is 20.3 Å². The van der Waals surface area contributed by atoms with Crippen molar-refractivity contribution in [3.63, 3.8) is 0 Å². The fraction of sp³-hybridized carbons (Fsp3) is 0.150. The number of hydrogen-bond acceptors (Lipinski definition) is 5. The van der Waals surface area contributed by atoms with E-state index in [9.17, 15) is 0 Å². The molecule has 0 fully saturated rings. The molecule has 0 aromatic carbocycles. The maximum absolute atomic E-state index is 5.53. The van der Waals surface area contributed by atoms with Crippen molar-refractivity contribution in [1.82, 2.24) is 19.9 Å². The van der Waals surface area contributed by atoms with E-state index in [1.165, 1.54) is 0 Å². The molecule has 0 saturated heterocycles. The number of aryl methyl sites for hydroxylation is 1. The minimum atomic E-state index is 0.666. The summed E-state index contributed by atoms with van der Waals surface area (Å²) >= 11 is 0. The lowest BCUT2D eigenvalue weighted by Crippen LogP contribution is -2.02. The number of nitrogens with one attached hydrogen (secondary N) is 2. The minimum absolute atomic E-state index is 0.666. The molecule has 0 atom stereocenters. The molecule has 0 unspecified atom stereocenters. The summed E-state index contributed by atoms with van der Waals surface area (Å²) in [6.45, 7) is 2.64. The maximum Gasteiger partial charge on any atom is 0.145 e. The number of fused-ring (bicyclic) bond motifs is 1. The number of ether oxygens (including phenoxy) is 1. The first-order valence-electron chi connectivity index (χ1n) is 8.37. The number of H-pyrrole nitrogens is 1. The number of pyridine rings is 3. The Balaban J connectivity index is 1.77. The fourth-order valence-corrected chi connectivity index (χ4v) is 2.92. The molecule has 0 amide bonds. The summed E-state index contributed by atoms with van der Waals surface area (Å²) in [6.07, 6.45) is 5.45. The Morgan fingerprint density at radius 1 is 1.08 bits per heavy atom. The van der Waals surface area contributed by atoms with E-state index in [0.717, 1.165) is 45.1 Å². The highest BCUT2D eigenvalue weighted by Gasteiger charge is 2.14. The third-order valence-corrected chi connectivity index (χ3v) is 4.22. The summed E-state index contributed by atoms with van der Waals surface area (Å²) < 4.78 is 5.53. The molecule has 0 aliphatic carbocycles. The standard InChI is InChI=1S/C20H19N5O/c1-13-3-4-17(26-2)19(24-13)16-11-18(25-20-15(16)7-10-22-20)23-12-14-5-8-21-9-6-14/h3-11H,12H2,1-2H3,(H2,22,23,25). The van der Waals surface area contributed by atoms with Crippen LogP contribution < -0.4 is 10.1 Å². The molecule has 0 aliphatic heterocycles. The molecule has 4 aromatic rings. The number of hydrogen-bond donors (Lipinski definition) is 2. The van der Waals surface area contributed by atoms with Crippen molar-refractivity contribution >= 4 is 16.9 Å². The Labute approximate surface area is 151 Å². The Hall–Kier alpha value is -3.41. The summed E-state index contributed by atoms with van der Waals surface area (Å²) in [5, 5.41) is 4.39. The van der Waals surface area contributed by atoms with Gasteiger partial charge in [0.2, 0.25) is 0 Å². The third-order valence-electron chi connectivity index (χ3n) is 4.22. The molecule has 6 nitrogen and oxygen atoms in total. The van der Waals surface area contributed by atoms with E-state index in [-0.39, 0.29) is 0 Å². The van der Waals surface area contributed by atoms with Gasteiger partial charge in [-0.2, -0.15) is 0 Å². The van der Waals surface area contributed by atoms with Crippen LogP contribution in [0.3, 0.4) is 0 Å². The molecule has 0 bridgehead atoms. The average Bonchev–Trinajstić information content (AvgIpc) is 3.15. The zero-order valence-electron chi connectivity index (χ0n) is 14.7. The van der Waals surface area contributed by atoms with Crippen molar-refractivity contribution in [2.24, 2.45) is 0 Å². The Bertz CT molecular complexity index is 1040. The van der Waals surface area contributed by atoms with E-state index < -0.39 is 0 Å². The number of nitrogens with zero attached hydrogens (tertiary/aromatic N) is 3. The van der Waals surface area contributed by atoms with Crippen molar-refractivity contribution < 1.29 is 4.74 Å².